The lowest BCUT2D eigenvalue weighted by atomic mass is 10.1. The highest BCUT2D eigenvalue weighted by Crippen LogP contribution is 2.30. The van der Waals surface area contributed by atoms with Gasteiger partial charge in [0, 0.05) is 24.9 Å². The van der Waals surface area contributed by atoms with E-state index in [-0.39, 0.29) is 21.6 Å². The Hall–Kier alpha value is -1.92. The minimum absolute atomic E-state index is 0.0198. The average molecular weight is 381 g/mol. The normalized spacial score (nSPS) is 20.5. The zero-order valence-electron chi connectivity index (χ0n) is 13.5. The molecule has 0 radical (unpaired) electrons. The van der Waals surface area contributed by atoms with Gasteiger partial charge in [-0.2, -0.15) is 10.4 Å². The molecule has 0 saturated carbocycles. The van der Waals surface area contributed by atoms with Crippen LogP contribution in [-0.4, -0.2) is 30.8 Å². The number of aryl methyl sites for hydroxylation is 1. The van der Waals surface area contributed by atoms with E-state index in [2.05, 4.69) is 9.82 Å². The molecule has 2 heterocycles. The number of hydrogen-bond acceptors (Lipinski definition) is 5. The molecule has 1 aliphatic rings. The Bertz CT molecular complexity index is 920. The molecular weight excluding hydrogens is 364 g/mol. The Morgan fingerprint density at radius 2 is 2.32 bits per heavy atom. The first kappa shape index (κ1) is 17.9. The lowest BCUT2D eigenvalue weighted by molar-refractivity contribution is 0.102. The van der Waals surface area contributed by atoms with Gasteiger partial charge in [-0.15, -0.1) is 0 Å². The molecule has 2 aromatic rings. The van der Waals surface area contributed by atoms with Gasteiger partial charge in [-0.05, 0) is 31.5 Å². The zero-order chi connectivity index (χ0) is 18.0. The Kier molecular flexibility index (Phi) is 5.11. The fourth-order valence-corrected chi connectivity index (χ4v) is 4.34. The maximum absolute atomic E-state index is 12.6. The van der Waals surface area contributed by atoms with Crippen molar-refractivity contribution < 1.29 is 13.2 Å². The molecule has 1 fully saturated rings. The third-order valence-electron chi connectivity index (χ3n) is 4.08. The highest BCUT2D eigenvalue weighted by atomic mass is 35.5. The third kappa shape index (κ3) is 3.70. The van der Waals surface area contributed by atoms with Gasteiger partial charge >= 0.3 is 0 Å². The summed E-state index contributed by atoms with van der Waals surface area (Å²) in [5.41, 5.74) is 1.07. The molecule has 0 unspecified atom stereocenters. The zero-order valence-corrected chi connectivity index (χ0v) is 15.1. The van der Waals surface area contributed by atoms with Crippen LogP contribution in [0.5, 0.6) is 0 Å². The second-order valence-electron chi connectivity index (χ2n) is 5.69. The standard InChI is InChI=1S/C16H17ClN4O3S/c1-2-21-10-12(9-19-21)16-15(5-6-24-16)20-25(22,23)13-4-3-11(8-18)14(17)7-13/h3-4,7,9-10,15-16,20H,2,5-6H2,1H3/t15-,16+/m0/s1. The van der Waals surface area contributed by atoms with Crippen LogP contribution in [0.3, 0.4) is 0 Å². The van der Waals surface area contributed by atoms with E-state index in [1.165, 1.54) is 18.2 Å². The molecule has 0 aliphatic carbocycles. The van der Waals surface area contributed by atoms with Crippen LogP contribution in [0.4, 0.5) is 0 Å². The van der Waals surface area contributed by atoms with E-state index in [0.29, 0.717) is 13.0 Å². The van der Waals surface area contributed by atoms with E-state index in [0.717, 1.165) is 12.1 Å². The Balaban J connectivity index is 1.82. The fourth-order valence-electron chi connectivity index (χ4n) is 2.76. The van der Waals surface area contributed by atoms with Crippen LogP contribution in [0.2, 0.25) is 5.02 Å². The summed E-state index contributed by atoms with van der Waals surface area (Å²) >= 11 is 5.95. The number of hydrogen-bond donors (Lipinski definition) is 1. The number of aromatic nitrogens is 2. The average Bonchev–Trinajstić information content (AvgIpc) is 3.23. The summed E-state index contributed by atoms with van der Waals surface area (Å²) in [4.78, 5) is 0.0198. The van der Waals surface area contributed by atoms with Crippen LogP contribution in [-0.2, 0) is 21.3 Å². The van der Waals surface area contributed by atoms with Crippen molar-refractivity contribution in [3.8, 4) is 6.07 Å². The summed E-state index contributed by atoms with van der Waals surface area (Å²) in [5.74, 6) is 0. The van der Waals surface area contributed by atoms with Crippen molar-refractivity contribution >= 4 is 21.6 Å². The van der Waals surface area contributed by atoms with E-state index < -0.39 is 16.1 Å². The maximum atomic E-state index is 12.6. The van der Waals surface area contributed by atoms with Gasteiger partial charge in [0.05, 0.1) is 27.7 Å². The van der Waals surface area contributed by atoms with E-state index >= 15 is 0 Å². The fraction of sp³-hybridized carbons (Fsp3) is 0.375. The van der Waals surface area contributed by atoms with Crippen molar-refractivity contribution in [3.05, 3.63) is 46.7 Å². The van der Waals surface area contributed by atoms with Crippen LogP contribution in [0, 0.1) is 11.3 Å². The number of nitrogens with one attached hydrogen (secondary N) is 1. The van der Waals surface area contributed by atoms with E-state index in [1.54, 1.807) is 10.9 Å². The van der Waals surface area contributed by atoms with Gasteiger partial charge in [0.2, 0.25) is 10.0 Å². The Morgan fingerprint density at radius 3 is 2.96 bits per heavy atom. The molecule has 7 nitrogen and oxygen atoms in total. The summed E-state index contributed by atoms with van der Waals surface area (Å²) < 4.78 is 35.4. The first-order valence-corrected chi connectivity index (χ1v) is 9.66. The van der Waals surface area contributed by atoms with E-state index in [4.69, 9.17) is 21.6 Å². The molecule has 2 atom stereocenters. The monoisotopic (exact) mass is 380 g/mol. The summed E-state index contributed by atoms with van der Waals surface area (Å²) in [6.45, 7) is 3.16. The molecule has 1 saturated heterocycles. The number of halogens is 1. The molecular formula is C16H17ClN4O3S. The van der Waals surface area contributed by atoms with Gasteiger partial charge in [0.1, 0.15) is 12.2 Å². The minimum atomic E-state index is -3.78. The largest absolute Gasteiger partial charge is 0.372 e. The number of rotatable bonds is 5. The van der Waals surface area contributed by atoms with Crippen molar-refractivity contribution in [2.24, 2.45) is 0 Å². The maximum Gasteiger partial charge on any atom is 0.240 e. The highest BCUT2D eigenvalue weighted by molar-refractivity contribution is 7.89. The van der Waals surface area contributed by atoms with Crippen molar-refractivity contribution in [3.63, 3.8) is 0 Å². The Morgan fingerprint density at radius 1 is 1.52 bits per heavy atom. The number of nitriles is 1. The van der Waals surface area contributed by atoms with Crippen LogP contribution in [0.15, 0.2) is 35.5 Å². The molecule has 9 heteroatoms. The number of benzene rings is 1. The number of ether oxygens (including phenoxy) is 1. The summed E-state index contributed by atoms with van der Waals surface area (Å²) in [7, 11) is -3.78. The van der Waals surface area contributed by atoms with Crippen LogP contribution < -0.4 is 4.72 Å². The van der Waals surface area contributed by atoms with Crippen LogP contribution >= 0.6 is 11.6 Å². The number of sulfonamides is 1. The second-order valence-corrected chi connectivity index (χ2v) is 7.81. The van der Waals surface area contributed by atoms with Crippen molar-refractivity contribution in [2.75, 3.05) is 6.61 Å². The number of nitrogens with zero attached hydrogens (tertiary/aromatic N) is 3. The van der Waals surface area contributed by atoms with E-state index in [1.807, 2.05) is 19.2 Å². The third-order valence-corrected chi connectivity index (χ3v) is 5.88. The topological polar surface area (TPSA) is 97.0 Å². The highest BCUT2D eigenvalue weighted by Gasteiger charge is 2.34. The predicted molar refractivity (Wildman–Crippen MR) is 91.5 cm³/mol. The lowest BCUT2D eigenvalue weighted by Crippen LogP contribution is -2.36. The Labute approximate surface area is 151 Å². The van der Waals surface area contributed by atoms with E-state index in [9.17, 15) is 8.42 Å². The molecule has 0 amide bonds. The molecule has 1 aromatic heterocycles. The van der Waals surface area contributed by atoms with Crippen LogP contribution in [0.25, 0.3) is 0 Å². The van der Waals surface area contributed by atoms with Gasteiger partial charge in [0.25, 0.3) is 0 Å². The smallest absolute Gasteiger partial charge is 0.240 e. The summed E-state index contributed by atoms with van der Waals surface area (Å²) in [5, 5.41) is 13.2. The van der Waals surface area contributed by atoms with Gasteiger partial charge in [-0.3, -0.25) is 4.68 Å². The first-order chi connectivity index (χ1) is 11.9. The van der Waals surface area contributed by atoms with Crippen LogP contribution in [0.1, 0.15) is 30.6 Å². The van der Waals surface area contributed by atoms with Crippen molar-refractivity contribution in [1.82, 2.24) is 14.5 Å². The van der Waals surface area contributed by atoms with Gasteiger partial charge < -0.3 is 4.74 Å². The molecule has 132 valence electrons. The molecule has 3 rings (SSSR count). The summed E-state index contributed by atoms with van der Waals surface area (Å²) in [6.07, 6.45) is 3.73. The molecule has 1 aromatic carbocycles. The van der Waals surface area contributed by atoms with Crippen molar-refractivity contribution in [1.29, 1.82) is 5.26 Å². The summed E-state index contributed by atoms with van der Waals surface area (Å²) in [6, 6.07) is 5.55. The molecule has 25 heavy (non-hydrogen) atoms. The first-order valence-electron chi connectivity index (χ1n) is 7.80. The predicted octanol–water partition coefficient (Wildman–Crippen LogP) is 2.24. The molecule has 0 spiro atoms. The minimum Gasteiger partial charge on any atom is -0.372 e. The lowest BCUT2D eigenvalue weighted by Gasteiger charge is -2.19. The SMILES string of the molecule is CCn1cc([C@H]2OCC[C@@H]2NS(=O)(=O)c2ccc(C#N)c(Cl)c2)cn1. The van der Waals surface area contributed by atoms with Crippen molar-refractivity contribution in [2.45, 2.75) is 36.9 Å². The quantitative estimate of drug-likeness (QED) is 0.857. The van der Waals surface area contributed by atoms with Gasteiger partial charge in [-0.25, -0.2) is 13.1 Å². The molecule has 0 bridgehead atoms. The van der Waals surface area contributed by atoms with Gasteiger partial charge in [-0.1, -0.05) is 11.6 Å². The molecule has 1 aliphatic heterocycles. The second kappa shape index (κ2) is 7.14. The molecule has 1 N–H and O–H groups in total. The van der Waals surface area contributed by atoms with Gasteiger partial charge in [0.15, 0.2) is 0 Å².